The first kappa shape index (κ1) is 32.8. The van der Waals surface area contributed by atoms with Gasteiger partial charge in [0.05, 0.1) is 5.41 Å². The third kappa shape index (κ3) is 4.85. The lowest BCUT2D eigenvalue weighted by Gasteiger charge is -2.40. The molecule has 0 N–H and O–H groups in total. The van der Waals surface area contributed by atoms with Gasteiger partial charge in [0.25, 0.3) is 0 Å². The van der Waals surface area contributed by atoms with Crippen LogP contribution in [0.25, 0.3) is 68.1 Å². The Morgan fingerprint density at radius 1 is 0.483 bits per heavy atom. The molecule has 0 saturated carbocycles. The van der Waals surface area contributed by atoms with E-state index in [0.717, 1.165) is 56.9 Å². The highest BCUT2D eigenvalue weighted by Crippen LogP contribution is 2.63. The lowest BCUT2D eigenvalue weighted by atomic mass is 9.65. The molecule has 0 saturated heterocycles. The Hall–Kier alpha value is -7.43. The Morgan fingerprint density at radius 3 is 1.88 bits per heavy atom. The first-order chi connectivity index (χ1) is 28.7. The molecule has 1 aliphatic heterocycles. The molecule has 1 spiro atoms. The number of allylic oxidation sites excluding steroid dienone is 4. The smallest absolute Gasteiger partial charge is 0.164 e. The van der Waals surface area contributed by atoms with Crippen LogP contribution < -0.4 is 15.2 Å². The highest BCUT2D eigenvalue weighted by molar-refractivity contribution is 5.90. The molecule has 4 aliphatic rings. The summed E-state index contributed by atoms with van der Waals surface area (Å²) >= 11 is 0. The summed E-state index contributed by atoms with van der Waals surface area (Å²) in [4.78, 5) is 15.4. The molecule has 0 bridgehead atoms. The fraction of sp³-hybridized carbons (Fsp3) is 0.0556. The molecule has 4 heteroatoms. The monoisotopic (exact) mass is 741 g/mol. The number of hydrogen-bond acceptors (Lipinski definition) is 4. The molecule has 1 aromatic heterocycles. The first-order valence-electron chi connectivity index (χ1n) is 20.0. The molecule has 1 atom stereocenters. The van der Waals surface area contributed by atoms with Crippen molar-refractivity contribution in [2.45, 2.75) is 11.8 Å². The summed E-state index contributed by atoms with van der Waals surface area (Å²) < 4.78 is 7.00. The van der Waals surface area contributed by atoms with E-state index < -0.39 is 5.41 Å². The fourth-order valence-corrected chi connectivity index (χ4v) is 9.75. The minimum Gasteiger partial charge on any atom is -0.456 e. The van der Waals surface area contributed by atoms with Crippen molar-refractivity contribution in [1.29, 1.82) is 0 Å². The van der Waals surface area contributed by atoms with Crippen molar-refractivity contribution in [2.24, 2.45) is 5.92 Å². The van der Waals surface area contributed by atoms with Crippen LogP contribution >= 0.6 is 0 Å². The summed E-state index contributed by atoms with van der Waals surface area (Å²) in [5, 5.41) is 2.49. The second-order valence-electron chi connectivity index (χ2n) is 15.4. The van der Waals surface area contributed by atoms with Crippen molar-refractivity contribution in [3.05, 3.63) is 221 Å². The number of para-hydroxylation sites is 2. The largest absolute Gasteiger partial charge is 0.456 e. The molecule has 0 amide bonds. The number of rotatable bonds is 4. The van der Waals surface area contributed by atoms with Crippen molar-refractivity contribution in [3.8, 4) is 67.9 Å². The van der Waals surface area contributed by atoms with Gasteiger partial charge in [-0.15, -0.1) is 0 Å². The minimum absolute atomic E-state index is 0.426. The van der Waals surface area contributed by atoms with Crippen LogP contribution in [0.2, 0.25) is 0 Å². The molecule has 12 rings (SSSR count). The van der Waals surface area contributed by atoms with Gasteiger partial charge < -0.3 is 4.74 Å². The molecule has 3 aliphatic carbocycles. The van der Waals surface area contributed by atoms with Crippen LogP contribution in [0.15, 0.2) is 188 Å². The standard InChI is InChI=1S/C54H35N3O/c1-2-15-35(16-3-1)51-55-52(57-53(56-51)39-30-31-41-37(33-39)29-28-34-14-4-5-19-40(34)41)38-18-12-17-36(32-38)42-22-13-26-48-50(42)58-49-27-11-10-25-47(49)54(48)45-23-8-6-20-43(45)44-21-7-9-24-46(44)54/h1-27,29-34H,28H2. The molecule has 4 nitrogen and oxygen atoms in total. The molecule has 2 heterocycles. The second-order valence-corrected chi connectivity index (χ2v) is 15.4. The zero-order valence-corrected chi connectivity index (χ0v) is 31.5. The van der Waals surface area contributed by atoms with E-state index >= 15 is 0 Å². The molecule has 7 aromatic carbocycles. The van der Waals surface area contributed by atoms with Crippen LogP contribution in [0, 0.1) is 5.92 Å². The Labute approximate surface area is 336 Å². The number of benzene rings is 7. The molecular formula is C54H35N3O. The summed E-state index contributed by atoms with van der Waals surface area (Å²) in [6, 6.07) is 58.1. The van der Waals surface area contributed by atoms with Gasteiger partial charge in [0.1, 0.15) is 11.5 Å². The van der Waals surface area contributed by atoms with E-state index in [1.807, 2.05) is 18.2 Å². The van der Waals surface area contributed by atoms with E-state index in [1.54, 1.807) is 0 Å². The Bertz CT molecular complexity index is 3150. The highest BCUT2D eigenvalue weighted by atomic mass is 16.5. The number of ether oxygens (including phenoxy) is 1. The van der Waals surface area contributed by atoms with Crippen molar-refractivity contribution < 1.29 is 4.74 Å². The van der Waals surface area contributed by atoms with Crippen molar-refractivity contribution in [3.63, 3.8) is 0 Å². The van der Waals surface area contributed by atoms with Crippen LogP contribution in [-0.2, 0) is 5.41 Å². The molecular weight excluding hydrogens is 707 g/mol. The lowest BCUT2D eigenvalue weighted by molar-refractivity contribution is 0.438. The number of nitrogens with zero attached hydrogens (tertiary/aromatic N) is 3. The van der Waals surface area contributed by atoms with E-state index in [1.165, 1.54) is 38.3 Å². The summed E-state index contributed by atoms with van der Waals surface area (Å²) in [7, 11) is 0. The summed E-state index contributed by atoms with van der Waals surface area (Å²) in [5.74, 6) is 4.06. The average Bonchev–Trinajstić information content (AvgIpc) is 3.59. The van der Waals surface area contributed by atoms with E-state index in [2.05, 4.69) is 176 Å². The number of fused-ring (bicyclic) bond motifs is 11. The van der Waals surface area contributed by atoms with Gasteiger partial charge in [-0.2, -0.15) is 0 Å². The molecule has 8 aromatic rings. The van der Waals surface area contributed by atoms with Gasteiger partial charge in [-0.1, -0.05) is 176 Å². The predicted molar refractivity (Wildman–Crippen MR) is 232 cm³/mol. The Balaban J connectivity index is 1.03. The lowest BCUT2D eigenvalue weighted by Crippen LogP contribution is -2.32. The van der Waals surface area contributed by atoms with Crippen molar-refractivity contribution in [1.82, 2.24) is 15.0 Å². The zero-order valence-electron chi connectivity index (χ0n) is 31.5. The summed E-state index contributed by atoms with van der Waals surface area (Å²) in [6.45, 7) is 0. The third-order valence-electron chi connectivity index (χ3n) is 12.3. The van der Waals surface area contributed by atoms with E-state index in [-0.39, 0.29) is 0 Å². The SMILES string of the molecule is C1=CC2=c3ccc(-c4nc(-c5ccccc5)nc(-c5cccc(-c6cccc7c6Oc6ccccc6C76c7ccccc7-c7ccccc76)c5)n4)cc3=CCC2C=C1. The van der Waals surface area contributed by atoms with E-state index in [4.69, 9.17) is 19.7 Å². The maximum absolute atomic E-state index is 7.00. The fourth-order valence-electron chi connectivity index (χ4n) is 9.75. The molecule has 58 heavy (non-hydrogen) atoms. The maximum Gasteiger partial charge on any atom is 0.164 e. The van der Waals surface area contributed by atoms with Crippen LogP contribution in [-0.4, -0.2) is 15.0 Å². The van der Waals surface area contributed by atoms with Crippen molar-refractivity contribution >= 4 is 11.6 Å². The maximum atomic E-state index is 7.00. The molecule has 0 fully saturated rings. The van der Waals surface area contributed by atoms with E-state index in [0.29, 0.717) is 23.4 Å². The zero-order chi connectivity index (χ0) is 38.2. The van der Waals surface area contributed by atoms with Gasteiger partial charge in [-0.05, 0) is 68.4 Å². The van der Waals surface area contributed by atoms with Crippen LogP contribution in [0.3, 0.4) is 0 Å². The van der Waals surface area contributed by atoms with Gasteiger partial charge >= 0.3 is 0 Å². The quantitative estimate of drug-likeness (QED) is 0.180. The van der Waals surface area contributed by atoms with E-state index in [9.17, 15) is 0 Å². The predicted octanol–water partition coefficient (Wildman–Crippen LogP) is 11.1. The summed E-state index contributed by atoms with van der Waals surface area (Å²) in [6.07, 6.45) is 12.1. The van der Waals surface area contributed by atoms with Gasteiger partial charge in [-0.25, -0.2) is 15.0 Å². The van der Waals surface area contributed by atoms with Gasteiger partial charge in [-0.3, -0.25) is 0 Å². The topological polar surface area (TPSA) is 47.9 Å². The number of hydrogen-bond donors (Lipinski definition) is 0. The Morgan fingerprint density at radius 2 is 1.09 bits per heavy atom. The minimum atomic E-state index is -0.533. The van der Waals surface area contributed by atoms with Gasteiger partial charge in [0, 0.05) is 39.3 Å². The molecule has 272 valence electrons. The van der Waals surface area contributed by atoms with Crippen LogP contribution in [0.4, 0.5) is 0 Å². The third-order valence-corrected chi connectivity index (χ3v) is 12.3. The Kier molecular flexibility index (Phi) is 7.24. The van der Waals surface area contributed by atoms with Gasteiger partial charge in [0.2, 0.25) is 0 Å². The van der Waals surface area contributed by atoms with Crippen LogP contribution in [0.1, 0.15) is 28.7 Å². The van der Waals surface area contributed by atoms with Gasteiger partial charge in [0.15, 0.2) is 17.5 Å². The first-order valence-corrected chi connectivity index (χ1v) is 20.0. The molecule has 1 unspecified atom stereocenters. The average molecular weight is 742 g/mol. The number of aromatic nitrogens is 3. The normalized spacial score (nSPS) is 15.9. The van der Waals surface area contributed by atoms with Crippen molar-refractivity contribution in [2.75, 3.05) is 0 Å². The second kappa shape index (κ2) is 12.8. The van der Waals surface area contributed by atoms with Crippen LogP contribution in [0.5, 0.6) is 11.5 Å². The molecule has 0 radical (unpaired) electrons. The highest BCUT2D eigenvalue weighted by Gasteiger charge is 2.51. The summed E-state index contributed by atoms with van der Waals surface area (Å²) in [5.41, 5.74) is 13.0.